The van der Waals surface area contributed by atoms with Crippen molar-refractivity contribution in [1.82, 2.24) is 5.32 Å². The Morgan fingerprint density at radius 3 is 2.73 bits per heavy atom. The zero-order chi connectivity index (χ0) is 11.4. The average molecular weight is 206 g/mol. The number of amides is 1. The van der Waals surface area contributed by atoms with E-state index in [-0.39, 0.29) is 5.91 Å². The lowest BCUT2D eigenvalue weighted by atomic mass is 10.1. The number of nitrogens with one attached hydrogen (secondary N) is 1. The topological polar surface area (TPSA) is 64.3 Å². The molecule has 15 heavy (non-hydrogen) atoms. The van der Waals surface area contributed by atoms with Gasteiger partial charge in [-0.15, -0.1) is 0 Å². The number of ether oxygens (including phenoxy) is 1. The predicted molar refractivity (Wildman–Crippen MR) is 60.9 cm³/mol. The lowest BCUT2D eigenvalue weighted by molar-refractivity contribution is 0.0964. The first kappa shape index (κ1) is 11.1. The highest BCUT2D eigenvalue weighted by atomic mass is 16.5. The molecule has 0 heterocycles. The Morgan fingerprint density at radius 1 is 1.60 bits per heavy atom. The van der Waals surface area contributed by atoms with Crippen LogP contribution in [0, 0.1) is 0 Å². The highest BCUT2D eigenvalue weighted by molar-refractivity contribution is 6.01. The van der Waals surface area contributed by atoms with Gasteiger partial charge in [-0.25, -0.2) is 0 Å². The molecule has 0 aliphatic rings. The second kappa shape index (κ2) is 4.50. The van der Waals surface area contributed by atoms with E-state index in [1.807, 2.05) is 0 Å². The number of anilines is 1. The van der Waals surface area contributed by atoms with Crippen molar-refractivity contribution in [2.24, 2.45) is 0 Å². The third-order valence-corrected chi connectivity index (χ3v) is 2.14. The second-order valence-corrected chi connectivity index (χ2v) is 2.93. The first-order valence-electron chi connectivity index (χ1n) is 4.46. The van der Waals surface area contributed by atoms with Crippen LogP contribution >= 0.6 is 0 Å². The molecule has 0 unspecified atom stereocenters. The van der Waals surface area contributed by atoms with Crippen molar-refractivity contribution in [1.29, 1.82) is 0 Å². The Hall–Kier alpha value is -1.97. The molecule has 4 nitrogen and oxygen atoms in total. The van der Waals surface area contributed by atoms with Gasteiger partial charge in [0.05, 0.1) is 18.4 Å². The number of carbonyl (C=O) groups is 1. The fourth-order valence-electron chi connectivity index (χ4n) is 1.34. The number of hydrogen-bond donors (Lipinski definition) is 2. The van der Waals surface area contributed by atoms with Gasteiger partial charge in [0.25, 0.3) is 5.91 Å². The molecular weight excluding hydrogens is 192 g/mol. The van der Waals surface area contributed by atoms with Gasteiger partial charge >= 0.3 is 0 Å². The van der Waals surface area contributed by atoms with Gasteiger partial charge in [0.15, 0.2) is 0 Å². The number of methoxy groups -OCH3 is 1. The van der Waals surface area contributed by atoms with Crippen LogP contribution in [0.2, 0.25) is 0 Å². The van der Waals surface area contributed by atoms with Gasteiger partial charge in [0.2, 0.25) is 0 Å². The van der Waals surface area contributed by atoms with Crippen LogP contribution in [-0.4, -0.2) is 20.1 Å². The van der Waals surface area contributed by atoms with Crippen LogP contribution < -0.4 is 15.8 Å². The van der Waals surface area contributed by atoms with Gasteiger partial charge in [0, 0.05) is 12.6 Å². The van der Waals surface area contributed by atoms with Crippen LogP contribution in [0.4, 0.5) is 5.69 Å². The highest BCUT2D eigenvalue weighted by Gasteiger charge is 2.13. The van der Waals surface area contributed by atoms with Gasteiger partial charge in [0.1, 0.15) is 5.75 Å². The summed E-state index contributed by atoms with van der Waals surface area (Å²) in [5.74, 6) is 0.383. The van der Waals surface area contributed by atoms with E-state index < -0.39 is 0 Å². The fourth-order valence-corrected chi connectivity index (χ4v) is 1.34. The summed E-state index contributed by atoms with van der Waals surface area (Å²) in [5, 5.41) is 2.52. The van der Waals surface area contributed by atoms with E-state index in [0.717, 1.165) is 0 Å². The van der Waals surface area contributed by atoms with E-state index in [0.29, 0.717) is 22.6 Å². The van der Waals surface area contributed by atoms with Gasteiger partial charge < -0.3 is 15.8 Å². The Balaban J connectivity index is 3.35. The molecule has 1 amide bonds. The van der Waals surface area contributed by atoms with Crippen LogP contribution in [0.1, 0.15) is 15.9 Å². The van der Waals surface area contributed by atoms with Crippen LogP contribution in [0.3, 0.4) is 0 Å². The molecule has 1 aromatic rings. The van der Waals surface area contributed by atoms with Crippen molar-refractivity contribution in [2.45, 2.75) is 0 Å². The minimum atomic E-state index is -0.224. The molecule has 0 fully saturated rings. The van der Waals surface area contributed by atoms with Crippen LogP contribution in [0.5, 0.6) is 5.75 Å². The molecule has 0 spiro atoms. The molecule has 1 aromatic carbocycles. The van der Waals surface area contributed by atoms with Crippen LogP contribution in [0.15, 0.2) is 18.7 Å². The van der Waals surface area contributed by atoms with Crippen molar-refractivity contribution in [2.75, 3.05) is 19.9 Å². The normalized spacial score (nSPS) is 9.47. The molecule has 80 valence electrons. The maximum absolute atomic E-state index is 11.4. The number of benzene rings is 1. The largest absolute Gasteiger partial charge is 0.496 e. The second-order valence-electron chi connectivity index (χ2n) is 2.93. The summed E-state index contributed by atoms with van der Waals surface area (Å²) in [7, 11) is 3.10. The number of hydrogen-bond acceptors (Lipinski definition) is 3. The van der Waals surface area contributed by atoms with Gasteiger partial charge in [-0.3, -0.25) is 4.79 Å². The van der Waals surface area contributed by atoms with Crippen LogP contribution in [0.25, 0.3) is 6.08 Å². The summed E-state index contributed by atoms with van der Waals surface area (Å²) in [6.07, 6.45) is 1.57. The number of nitrogen functional groups attached to an aromatic ring is 1. The van der Waals surface area contributed by atoms with E-state index in [1.54, 1.807) is 32.4 Å². The van der Waals surface area contributed by atoms with Gasteiger partial charge in [-0.1, -0.05) is 12.7 Å². The molecule has 1 rings (SSSR count). The van der Waals surface area contributed by atoms with Crippen molar-refractivity contribution >= 4 is 17.7 Å². The van der Waals surface area contributed by atoms with Crippen molar-refractivity contribution in [3.05, 3.63) is 29.8 Å². The molecule has 0 aromatic heterocycles. The van der Waals surface area contributed by atoms with Crippen LogP contribution in [-0.2, 0) is 0 Å². The molecule has 4 heteroatoms. The van der Waals surface area contributed by atoms with Crippen molar-refractivity contribution in [3.8, 4) is 5.75 Å². The maximum atomic E-state index is 11.4. The first-order chi connectivity index (χ1) is 7.15. The highest BCUT2D eigenvalue weighted by Crippen LogP contribution is 2.28. The third-order valence-electron chi connectivity index (χ3n) is 2.14. The summed E-state index contributed by atoms with van der Waals surface area (Å²) < 4.78 is 5.10. The molecular formula is C11H14N2O2. The quantitative estimate of drug-likeness (QED) is 0.732. The smallest absolute Gasteiger partial charge is 0.253 e. The first-order valence-corrected chi connectivity index (χ1v) is 4.46. The molecule has 0 radical (unpaired) electrons. The average Bonchev–Trinajstić information content (AvgIpc) is 2.27. The molecule has 0 bridgehead atoms. The van der Waals surface area contributed by atoms with E-state index in [9.17, 15) is 4.79 Å². The zero-order valence-corrected chi connectivity index (χ0v) is 8.83. The van der Waals surface area contributed by atoms with E-state index in [4.69, 9.17) is 10.5 Å². The number of rotatable bonds is 3. The SMILES string of the molecule is C=Cc1c(OC)ccc(C(=O)NC)c1N. The minimum absolute atomic E-state index is 0.224. The van der Waals surface area contributed by atoms with Gasteiger partial charge in [-0.05, 0) is 12.1 Å². The Bertz CT molecular complexity index is 400. The summed E-state index contributed by atoms with van der Waals surface area (Å²) in [6, 6.07) is 3.32. The van der Waals surface area contributed by atoms with E-state index >= 15 is 0 Å². The Labute approximate surface area is 88.7 Å². The molecule has 0 aliphatic heterocycles. The van der Waals surface area contributed by atoms with Crippen molar-refractivity contribution < 1.29 is 9.53 Å². The Morgan fingerprint density at radius 2 is 2.27 bits per heavy atom. The molecule has 3 N–H and O–H groups in total. The Kier molecular flexibility index (Phi) is 3.33. The third kappa shape index (κ3) is 1.93. The molecule has 0 aliphatic carbocycles. The lowest BCUT2D eigenvalue weighted by Gasteiger charge is -2.11. The maximum Gasteiger partial charge on any atom is 0.253 e. The summed E-state index contributed by atoms with van der Waals surface area (Å²) in [6.45, 7) is 3.63. The summed E-state index contributed by atoms with van der Waals surface area (Å²) in [5.41, 5.74) is 7.27. The molecule has 0 saturated carbocycles. The zero-order valence-electron chi connectivity index (χ0n) is 8.83. The summed E-state index contributed by atoms with van der Waals surface area (Å²) in [4.78, 5) is 11.4. The number of carbonyl (C=O) groups excluding carboxylic acids is 1. The van der Waals surface area contributed by atoms with E-state index in [1.165, 1.54) is 0 Å². The summed E-state index contributed by atoms with van der Waals surface area (Å²) >= 11 is 0. The minimum Gasteiger partial charge on any atom is -0.496 e. The fraction of sp³-hybridized carbons (Fsp3) is 0.182. The standard InChI is InChI=1S/C11H14N2O2/c1-4-7-9(15-3)6-5-8(10(7)12)11(14)13-2/h4-6H,1,12H2,2-3H3,(H,13,14). The van der Waals surface area contributed by atoms with Crippen molar-refractivity contribution in [3.63, 3.8) is 0 Å². The predicted octanol–water partition coefficient (Wildman–Crippen LogP) is 1.28. The van der Waals surface area contributed by atoms with E-state index in [2.05, 4.69) is 11.9 Å². The monoisotopic (exact) mass is 206 g/mol. The van der Waals surface area contributed by atoms with Gasteiger partial charge in [-0.2, -0.15) is 0 Å². The lowest BCUT2D eigenvalue weighted by Crippen LogP contribution is -2.19. The number of nitrogens with two attached hydrogens (primary N) is 1. The molecule has 0 saturated heterocycles. The molecule has 0 atom stereocenters.